The minimum absolute atomic E-state index is 0.0522. The molecule has 0 aliphatic carbocycles. The summed E-state index contributed by atoms with van der Waals surface area (Å²) in [5.41, 5.74) is 2.56. The number of carbonyl (C=O) groups excluding carboxylic acids is 1. The van der Waals surface area contributed by atoms with Crippen LogP contribution in [0.15, 0.2) is 24.5 Å². The largest absolute Gasteiger partial charge is 0.348 e. The first-order chi connectivity index (χ1) is 10.9. The highest BCUT2D eigenvalue weighted by Crippen LogP contribution is 2.21. The molecule has 0 radical (unpaired) electrons. The Hall–Kier alpha value is -1.88. The van der Waals surface area contributed by atoms with E-state index in [2.05, 4.69) is 29.2 Å². The Balaban J connectivity index is 2.10. The normalized spacial score (nSPS) is 12.4. The fourth-order valence-electron chi connectivity index (χ4n) is 2.54. The van der Waals surface area contributed by atoms with Gasteiger partial charge in [0, 0.05) is 12.4 Å². The van der Waals surface area contributed by atoms with Crippen LogP contribution in [0, 0.1) is 19.8 Å². The highest BCUT2D eigenvalue weighted by atomic mass is 35.5. The summed E-state index contributed by atoms with van der Waals surface area (Å²) in [6.07, 6.45) is 4.39. The molecule has 23 heavy (non-hydrogen) atoms. The van der Waals surface area contributed by atoms with Crippen molar-refractivity contribution in [1.29, 1.82) is 0 Å². The average molecular weight is 335 g/mol. The first-order valence-electron chi connectivity index (χ1n) is 7.77. The van der Waals surface area contributed by atoms with Crippen molar-refractivity contribution in [3.8, 4) is 0 Å². The Kier molecular flexibility index (Phi) is 5.77. The third-order valence-electron chi connectivity index (χ3n) is 3.72. The van der Waals surface area contributed by atoms with Gasteiger partial charge in [0.15, 0.2) is 0 Å². The summed E-state index contributed by atoms with van der Waals surface area (Å²) in [6.45, 7) is 8.13. The van der Waals surface area contributed by atoms with Crippen LogP contribution in [0.2, 0.25) is 5.02 Å². The van der Waals surface area contributed by atoms with Gasteiger partial charge in [-0.2, -0.15) is 5.10 Å². The quantitative estimate of drug-likeness (QED) is 0.880. The number of aromatic nitrogens is 3. The molecule has 0 spiro atoms. The molecule has 6 heteroatoms. The lowest BCUT2D eigenvalue weighted by Gasteiger charge is -2.21. The van der Waals surface area contributed by atoms with E-state index in [1.54, 1.807) is 17.1 Å². The van der Waals surface area contributed by atoms with Crippen molar-refractivity contribution in [3.63, 3.8) is 0 Å². The van der Waals surface area contributed by atoms with Gasteiger partial charge in [-0.05, 0) is 37.8 Å². The third kappa shape index (κ3) is 4.55. The van der Waals surface area contributed by atoms with Crippen LogP contribution in [-0.4, -0.2) is 20.7 Å². The van der Waals surface area contributed by atoms with Gasteiger partial charge in [0.05, 0.1) is 22.5 Å². The van der Waals surface area contributed by atoms with E-state index in [-0.39, 0.29) is 18.5 Å². The zero-order valence-electron chi connectivity index (χ0n) is 14.0. The molecular formula is C17H23ClN4O. The number of nitrogens with one attached hydrogen (secondary N) is 1. The molecule has 1 amide bonds. The highest BCUT2D eigenvalue weighted by molar-refractivity contribution is 6.31. The first-order valence-corrected chi connectivity index (χ1v) is 8.15. The van der Waals surface area contributed by atoms with Gasteiger partial charge in [-0.3, -0.25) is 14.5 Å². The van der Waals surface area contributed by atoms with Gasteiger partial charge >= 0.3 is 0 Å². The van der Waals surface area contributed by atoms with Gasteiger partial charge in [0.1, 0.15) is 6.54 Å². The van der Waals surface area contributed by atoms with Crippen molar-refractivity contribution in [2.45, 2.75) is 46.7 Å². The van der Waals surface area contributed by atoms with Gasteiger partial charge < -0.3 is 5.32 Å². The molecule has 0 aliphatic rings. The second kappa shape index (κ2) is 7.59. The molecule has 5 nitrogen and oxygen atoms in total. The molecule has 1 N–H and O–H groups in total. The lowest BCUT2D eigenvalue weighted by molar-refractivity contribution is -0.122. The lowest BCUT2D eigenvalue weighted by atomic mass is 9.98. The second-order valence-corrected chi connectivity index (χ2v) is 6.56. The Bertz CT molecular complexity index is 667. The van der Waals surface area contributed by atoms with E-state index in [9.17, 15) is 4.79 Å². The van der Waals surface area contributed by atoms with Crippen molar-refractivity contribution in [1.82, 2.24) is 20.1 Å². The van der Waals surface area contributed by atoms with Gasteiger partial charge in [-0.25, -0.2) is 0 Å². The number of aryl methyl sites for hydroxylation is 1. The summed E-state index contributed by atoms with van der Waals surface area (Å²) < 4.78 is 1.64. The lowest BCUT2D eigenvalue weighted by Crippen LogP contribution is -2.33. The Morgan fingerprint density at radius 3 is 2.65 bits per heavy atom. The number of hydrogen-bond donors (Lipinski definition) is 1. The van der Waals surface area contributed by atoms with Gasteiger partial charge in [0.2, 0.25) is 5.91 Å². The van der Waals surface area contributed by atoms with Crippen LogP contribution >= 0.6 is 11.6 Å². The zero-order valence-corrected chi connectivity index (χ0v) is 14.8. The number of amides is 1. The number of pyridine rings is 1. The molecule has 0 fully saturated rings. The molecule has 124 valence electrons. The van der Waals surface area contributed by atoms with Crippen LogP contribution in [0.3, 0.4) is 0 Å². The van der Waals surface area contributed by atoms with E-state index < -0.39 is 0 Å². The maximum atomic E-state index is 12.4. The summed E-state index contributed by atoms with van der Waals surface area (Å²) in [4.78, 5) is 16.6. The van der Waals surface area contributed by atoms with Crippen LogP contribution < -0.4 is 5.32 Å². The monoisotopic (exact) mass is 334 g/mol. The fourth-order valence-corrected chi connectivity index (χ4v) is 2.67. The van der Waals surface area contributed by atoms with Crippen LogP contribution in [0.1, 0.15) is 43.3 Å². The zero-order chi connectivity index (χ0) is 17.0. The number of rotatable bonds is 6. The molecule has 0 saturated carbocycles. The van der Waals surface area contributed by atoms with Crippen LogP contribution in [0.5, 0.6) is 0 Å². The minimum atomic E-state index is -0.0817. The Labute approximate surface area is 142 Å². The van der Waals surface area contributed by atoms with Crippen LogP contribution in [0.4, 0.5) is 0 Å². The van der Waals surface area contributed by atoms with Crippen molar-refractivity contribution < 1.29 is 4.79 Å². The highest BCUT2D eigenvalue weighted by Gasteiger charge is 2.18. The topological polar surface area (TPSA) is 59.8 Å². The molecule has 2 aromatic heterocycles. The summed E-state index contributed by atoms with van der Waals surface area (Å²) >= 11 is 6.13. The molecule has 0 unspecified atom stereocenters. The predicted octanol–water partition coefficient (Wildman–Crippen LogP) is 3.45. The number of hydrogen-bond acceptors (Lipinski definition) is 3. The van der Waals surface area contributed by atoms with E-state index in [0.29, 0.717) is 10.9 Å². The molecule has 0 saturated heterocycles. The summed E-state index contributed by atoms with van der Waals surface area (Å²) in [6, 6.07) is 3.82. The number of carbonyl (C=O) groups is 1. The van der Waals surface area contributed by atoms with E-state index in [0.717, 1.165) is 23.4 Å². The maximum Gasteiger partial charge on any atom is 0.242 e. The van der Waals surface area contributed by atoms with Crippen molar-refractivity contribution in [2.75, 3.05) is 0 Å². The molecule has 0 aliphatic heterocycles. The number of nitrogens with zero attached hydrogens (tertiary/aromatic N) is 3. The van der Waals surface area contributed by atoms with E-state index >= 15 is 0 Å². The van der Waals surface area contributed by atoms with Crippen molar-refractivity contribution in [3.05, 3.63) is 46.5 Å². The second-order valence-electron chi connectivity index (χ2n) is 6.18. The van der Waals surface area contributed by atoms with Crippen LogP contribution in [-0.2, 0) is 11.3 Å². The standard InChI is InChI=1S/C17H23ClN4O/c1-11(2)8-15(14-6-5-7-19-9-14)20-16(23)10-22-13(4)17(18)12(3)21-22/h5-7,9,11,15H,8,10H2,1-4H3,(H,20,23)/t15-/m1/s1. The Morgan fingerprint density at radius 1 is 1.39 bits per heavy atom. The minimum Gasteiger partial charge on any atom is -0.348 e. The van der Waals surface area contributed by atoms with Gasteiger partial charge in [-0.15, -0.1) is 0 Å². The van der Waals surface area contributed by atoms with Crippen molar-refractivity contribution in [2.24, 2.45) is 5.92 Å². The van der Waals surface area contributed by atoms with Gasteiger partial charge in [-0.1, -0.05) is 31.5 Å². The molecule has 1 atom stereocenters. The first kappa shape index (κ1) is 17.5. The predicted molar refractivity (Wildman–Crippen MR) is 91.3 cm³/mol. The molecule has 2 rings (SSSR count). The smallest absolute Gasteiger partial charge is 0.242 e. The molecule has 2 heterocycles. The maximum absolute atomic E-state index is 12.4. The van der Waals surface area contributed by atoms with E-state index in [1.165, 1.54) is 0 Å². The molecule has 2 aromatic rings. The number of halogens is 1. The van der Waals surface area contributed by atoms with Gasteiger partial charge in [0.25, 0.3) is 0 Å². The molecule has 0 bridgehead atoms. The summed E-state index contributed by atoms with van der Waals surface area (Å²) in [7, 11) is 0. The SMILES string of the molecule is Cc1nn(CC(=O)N[C@H](CC(C)C)c2cccnc2)c(C)c1Cl. The molecular weight excluding hydrogens is 312 g/mol. The van der Waals surface area contributed by atoms with E-state index in [1.807, 2.05) is 26.0 Å². The summed E-state index contributed by atoms with van der Waals surface area (Å²) in [5, 5.41) is 8.00. The summed E-state index contributed by atoms with van der Waals surface area (Å²) in [5.74, 6) is 0.380. The van der Waals surface area contributed by atoms with Crippen molar-refractivity contribution >= 4 is 17.5 Å². The fraction of sp³-hybridized carbons (Fsp3) is 0.471. The average Bonchev–Trinajstić information content (AvgIpc) is 2.74. The Morgan fingerprint density at radius 2 is 2.13 bits per heavy atom. The molecule has 0 aromatic carbocycles. The van der Waals surface area contributed by atoms with E-state index in [4.69, 9.17) is 11.6 Å². The van der Waals surface area contributed by atoms with Crippen LogP contribution in [0.25, 0.3) is 0 Å². The third-order valence-corrected chi connectivity index (χ3v) is 4.26.